The molecule has 180 valence electrons. The van der Waals surface area contributed by atoms with Gasteiger partial charge in [0.2, 0.25) is 0 Å². The molecule has 1 aliphatic heterocycles. The maximum absolute atomic E-state index is 12.4. The lowest BCUT2D eigenvalue weighted by Crippen LogP contribution is -2.46. The third kappa shape index (κ3) is 6.04. The van der Waals surface area contributed by atoms with Crippen molar-refractivity contribution in [3.63, 3.8) is 0 Å². The van der Waals surface area contributed by atoms with Gasteiger partial charge in [-0.05, 0) is 35.9 Å². The number of carbonyl (C=O) groups is 2. The van der Waals surface area contributed by atoms with Crippen LogP contribution in [0.5, 0.6) is 5.75 Å². The average molecular weight is 473 g/mol. The number of piperazine rings is 1. The number of hydrogen-bond acceptors (Lipinski definition) is 6. The zero-order chi connectivity index (χ0) is 24.6. The highest BCUT2D eigenvalue weighted by Gasteiger charge is 2.19. The Balaban J connectivity index is 1.28. The van der Waals surface area contributed by atoms with Gasteiger partial charge in [0.15, 0.2) is 0 Å². The molecule has 0 aromatic heterocycles. The summed E-state index contributed by atoms with van der Waals surface area (Å²) in [4.78, 5) is 28.4. The molecule has 0 unspecified atom stereocenters. The second-order valence-electron chi connectivity index (χ2n) is 8.22. The second kappa shape index (κ2) is 11.3. The molecule has 1 fully saturated rings. The number of carboxylic acid groups (broad SMARTS) is 1. The average Bonchev–Trinajstić information content (AvgIpc) is 2.89. The first kappa shape index (κ1) is 24.0. The highest BCUT2D eigenvalue weighted by molar-refractivity contribution is 5.99. The summed E-state index contributed by atoms with van der Waals surface area (Å²) in [5.74, 6) is -0.508. The van der Waals surface area contributed by atoms with E-state index in [1.165, 1.54) is 12.3 Å². The van der Waals surface area contributed by atoms with Gasteiger partial charge in [0.05, 0.1) is 24.6 Å². The van der Waals surface area contributed by atoms with E-state index in [-0.39, 0.29) is 11.5 Å². The van der Waals surface area contributed by atoms with E-state index in [1.54, 1.807) is 37.4 Å². The van der Waals surface area contributed by atoms with E-state index in [2.05, 4.69) is 26.4 Å². The molecule has 0 aliphatic carbocycles. The number of para-hydroxylation sites is 2. The molecular formula is C27H28N4O4. The number of anilines is 1. The fourth-order valence-corrected chi connectivity index (χ4v) is 4.09. The number of hydrogen-bond donors (Lipinski definition) is 2. The first-order valence-corrected chi connectivity index (χ1v) is 11.4. The Labute approximate surface area is 204 Å². The van der Waals surface area contributed by atoms with Crippen molar-refractivity contribution < 1.29 is 19.4 Å². The van der Waals surface area contributed by atoms with Crippen LogP contribution in [0.25, 0.3) is 0 Å². The Morgan fingerprint density at radius 1 is 0.971 bits per heavy atom. The van der Waals surface area contributed by atoms with Crippen molar-refractivity contribution in [2.45, 2.75) is 6.54 Å². The molecule has 1 saturated heterocycles. The molecule has 0 atom stereocenters. The molecule has 8 heteroatoms. The van der Waals surface area contributed by atoms with Gasteiger partial charge in [0.25, 0.3) is 5.91 Å². The fourth-order valence-electron chi connectivity index (χ4n) is 4.09. The van der Waals surface area contributed by atoms with E-state index in [0.717, 1.165) is 49.7 Å². The molecular weight excluding hydrogens is 444 g/mol. The summed E-state index contributed by atoms with van der Waals surface area (Å²) >= 11 is 0. The summed E-state index contributed by atoms with van der Waals surface area (Å²) < 4.78 is 5.49. The van der Waals surface area contributed by atoms with Crippen LogP contribution in [0.15, 0.2) is 77.9 Å². The summed E-state index contributed by atoms with van der Waals surface area (Å²) in [5, 5.41) is 13.1. The number of ether oxygens (including phenoxy) is 1. The number of methoxy groups -OCH3 is 1. The molecule has 0 radical (unpaired) electrons. The van der Waals surface area contributed by atoms with Gasteiger partial charge < -0.3 is 14.7 Å². The monoisotopic (exact) mass is 472 g/mol. The topological polar surface area (TPSA) is 94.5 Å². The van der Waals surface area contributed by atoms with Crippen molar-refractivity contribution in [1.29, 1.82) is 0 Å². The highest BCUT2D eigenvalue weighted by Crippen LogP contribution is 2.28. The third-order valence-corrected chi connectivity index (χ3v) is 5.98. The van der Waals surface area contributed by atoms with Gasteiger partial charge in [-0.3, -0.25) is 9.69 Å². The normalized spacial score (nSPS) is 14.1. The van der Waals surface area contributed by atoms with Gasteiger partial charge in [0.1, 0.15) is 5.75 Å². The molecule has 1 heterocycles. The summed E-state index contributed by atoms with van der Waals surface area (Å²) in [5.41, 5.74) is 5.74. The van der Waals surface area contributed by atoms with E-state index in [4.69, 9.17) is 4.74 Å². The zero-order valence-electron chi connectivity index (χ0n) is 19.6. The van der Waals surface area contributed by atoms with Crippen molar-refractivity contribution in [1.82, 2.24) is 10.3 Å². The van der Waals surface area contributed by atoms with Crippen LogP contribution in [0.1, 0.15) is 31.8 Å². The van der Waals surface area contributed by atoms with Crippen molar-refractivity contribution in [3.05, 3.63) is 95.1 Å². The number of nitrogens with one attached hydrogen (secondary N) is 1. The van der Waals surface area contributed by atoms with Crippen LogP contribution in [0.2, 0.25) is 0 Å². The van der Waals surface area contributed by atoms with E-state index in [9.17, 15) is 14.7 Å². The maximum Gasteiger partial charge on any atom is 0.336 e. The van der Waals surface area contributed by atoms with Gasteiger partial charge in [-0.15, -0.1) is 0 Å². The molecule has 8 nitrogen and oxygen atoms in total. The summed E-state index contributed by atoms with van der Waals surface area (Å²) in [6.45, 7) is 4.53. The SMILES string of the molecule is COc1ccccc1N1CCN(Cc2ccc(C(=O)N/N=C\c3ccccc3C(=O)O)cc2)CC1. The van der Waals surface area contributed by atoms with E-state index < -0.39 is 5.97 Å². The first-order valence-electron chi connectivity index (χ1n) is 11.4. The Hall–Kier alpha value is -4.17. The van der Waals surface area contributed by atoms with Gasteiger partial charge in [0, 0.05) is 43.9 Å². The third-order valence-electron chi connectivity index (χ3n) is 5.98. The lowest BCUT2D eigenvalue weighted by Gasteiger charge is -2.36. The van der Waals surface area contributed by atoms with Crippen LogP contribution < -0.4 is 15.1 Å². The van der Waals surface area contributed by atoms with E-state index in [1.807, 2.05) is 30.3 Å². The van der Waals surface area contributed by atoms with Crippen molar-refractivity contribution >= 4 is 23.8 Å². The number of amides is 1. The number of rotatable bonds is 8. The van der Waals surface area contributed by atoms with Crippen LogP contribution in [0.3, 0.4) is 0 Å². The van der Waals surface area contributed by atoms with Crippen molar-refractivity contribution in [3.8, 4) is 5.75 Å². The summed E-state index contributed by atoms with van der Waals surface area (Å²) in [7, 11) is 1.70. The lowest BCUT2D eigenvalue weighted by molar-refractivity contribution is 0.0696. The van der Waals surface area contributed by atoms with Gasteiger partial charge in [-0.1, -0.05) is 42.5 Å². The first-order chi connectivity index (χ1) is 17.0. The van der Waals surface area contributed by atoms with Crippen LogP contribution >= 0.6 is 0 Å². The number of carboxylic acids is 1. The molecule has 2 N–H and O–H groups in total. The maximum atomic E-state index is 12.4. The van der Waals surface area contributed by atoms with E-state index in [0.29, 0.717) is 11.1 Å². The van der Waals surface area contributed by atoms with Crippen LogP contribution in [-0.4, -0.2) is 61.4 Å². The standard InChI is InChI=1S/C27H28N4O4/c1-35-25-9-5-4-8-24(25)31-16-14-30(15-17-31)19-20-10-12-21(13-11-20)26(32)29-28-18-22-6-2-3-7-23(22)27(33)34/h2-13,18H,14-17,19H2,1H3,(H,29,32)(H,33,34)/b28-18-. The number of carbonyl (C=O) groups excluding carboxylic acids is 1. The minimum absolute atomic E-state index is 0.124. The largest absolute Gasteiger partial charge is 0.495 e. The summed E-state index contributed by atoms with van der Waals surface area (Å²) in [6, 6.07) is 22.0. The Bertz CT molecular complexity index is 1200. The Morgan fingerprint density at radius 3 is 2.37 bits per heavy atom. The van der Waals surface area contributed by atoms with Gasteiger partial charge >= 0.3 is 5.97 Å². The molecule has 1 aliphatic rings. The van der Waals surface area contributed by atoms with Crippen LogP contribution in [-0.2, 0) is 6.54 Å². The summed E-state index contributed by atoms with van der Waals surface area (Å²) in [6.07, 6.45) is 1.33. The van der Waals surface area contributed by atoms with Crippen LogP contribution in [0, 0.1) is 0 Å². The Kier molecular flexibility index (Phi) is 7.74. The number of benzene rings is 3. The number of hydrazone groups is 1. The fraction of sp³-hybridized carbons (Fsp3) is 0.222. The molecule has 3 aromatic carbocycles. The molecule has 0 saturated carbocycles. The van der Waals surface area contributed by atoms with Gasteiger partial charge in [-0.25, -0.2) is 10.2 Å². The molecule has 0 spiro atoms. The molecule has 4 rings (SSSR count). The minimum Gasteiger partial charge on any atom is -0.495 e. The zero-order valence-corrected chi connectivity index (χ0v) is 19.6. The highest BCUT2D eigenvalue weighted by atomic mass is 16.5. The van der Waals surface area contributed by atoms with Crippen molar-refractivity contribution in [2.75, 3.05) is 38.2 Å². The van der Waals surface area contributed by atoms with Crippen molar-refractivity contribution in [2.24, 2.45) is 5.10 Å². The Morgan fingerprint density at radius 2 is 1.66 bits per heavy atom. The predicted molar refractivity (Wildman–Crippen MR) is 135 cm³/mol. The van der Waals surface area contributed by atoms with Gasteiger partial charge in [-0.2, -0.15) is 5.10 Å². The number of aromatic carboxylic acids is 1. The second-order valence-corrected chi connectivity index (χ2v) is 8.22. The molecule has 3 aromatic rings. The molecule has 1 amide bonds. The van der Waals surface area contributed by atoms with E-state index >= 15 is 0 Å². The molecule has 35 heavy (non-hydrogen) atoms. The number of nitrogens with zero attached hydrogens (tertiary/aromatic N) is 3. The molecule has 0 bridgehead atoms. The quantitative estimate of drug-likeness (QED) is 0.385. The smallest absolute Gasteiger partial charge is 0.336 e. The van der Waals surface area contributed by atoms with Crippen LogP contribution in [0.4, 0.5) is 5.69 Å². The lowest BCUT2D eigenvalue weighted by atomic mass is 10.1. The minimum atomic E-state index is -1.05. The predicted octanol–water partition coefficient (Wildman–Crippen LogP) is 3.48.